The highest BCUT2D eigenvalue weighted by Crippen LogP contribution is 2.34. The highest BCUT2D eigenvalue weighted by molar-refractivity contribution is 6.06. The molecule has 6 rings (SSSR count). The summed E-state index contributed by atoms with van der Waals surface area (Å²) in [6.07, 6.45) is 10.8. The van der Waals surface area contributed by atoms with Crippen molar-refractivity contribution in [3.05, 3.63) is 133 Å². The molecule has 3 heterocycles. The van der Waals surface area contributed by atoms with Crippen molar-refractivity contribution in [1.82, 2.24) is 24.8 Å². The number of phenolic OH excluding ortho intramolecular Hbond substituents is 1. The molecule has 0 aliphatic carbocycles. The van der Waals surface area contributed by atoms with Crippen molar-refractivity contribution in [3.63, 3.8) is 0 Å². The Morgan fingerprint density at radius 2 is 1.85 bits per heavy atom. The van der Waals surface area contributed by atoms with Crippen LogP contribution in [0, 0.1) is 0 Å². The number of benzene rings is 3. The van der Waals surface area contributed by atoms with E-state index in [-0.39, 0.29) is 11.7 Å². The molecular weight excluding hydrogens is 598 g/mol. The first-order valence-corrected chi connectivity index (χ1v) is 16.3. The predicted octanol–water partition coefficient (Wildman–Crippen LogP) is 6.51. The summed E-state index contributed by atoms with van der Waals surface area (Å²) in [6.45, 7) is 10.7. The topological polar surface area (TPSA) is 123 Å². The Morgan fingerprint density at radius 3 is 2.60 bits per heavy atom. The van der Waals surface area contributed by atoms with Gasteiger partial charge < -0.3 is 26.0 Å². The lowest BCUT2D eigenvalue weighted by Gasteiger charge is -2.36. The second-order valence-electron chi connectivity index (χ2n) is 11.8. The molecular formula is C39H41N7O2. The lowest BCUT2D eigenvalue weighted by atomic mass is 10.00. The van der Waals surface area contributed by atoms with Gasteiger partial charge in [0.2, 0.25) is 0 Å². The fourth-order valence-corrected chi connectivity index (χ4v) is 6.11. The molecule has 2 aromatic heterocycles. The van der Waals surface area contributed by atoms with Gasteiger partial charge in [0.1, 0.15) is 11.6 Å². The number of nitrogens with two attached hydrogens (primary N) is 1. The summed E-state index contributed by atoms with van der Waals surface area (Å²) in [7, 11) is 0. The van der Waals surface area contributed by atoms with E-state index in [4.69, 9.17) is 10.7 Å². The summed E-state index contributed by atoms with van der Waals surface area (Å²) >= 11 is 0. The first-order chi connectivity index (χ1) is 23.4. The number of pyridine rings is 1. The fraction of sp³-hybridized carbons (Fsp3) is 0.205. The number of anilines is 1. The quantitative estimate of drug-likeness (QED) is 0.121. The number of aromatic amines is 1. The first-order valence-electron chi connectivity index (χ1n) is 16.3. The number of allylic oxidation sites excluding steroid dienone is 3. The van der Waals surface area contributed by atoms with Gasteiger partial charge in [-0.3, -0.25) is 14.7 Å². The number of carbonyl (C=O) groups is 1. The van der Waals surface area contributed by atoms with Gasteiger partial charge in [0.05, 0.1) is 16.6 Å². The smallest absolute Gasteiger partial charge is 0.255 e. The number of rotatable bonds is 11. The maximum atomic E-state index is 13.2. The van der Waals surface area contributed by atoms with Crippen molar-refractivity contribution in [3.8, 4) is 28.3 Å². The number of piperazine rings is 1. The minimum Gasteiger partial charge on any atom is -0.507 e. The van der Waals surface area contributed by atoms with Crippen LogP contribution in [-0.4, -0.2) is 68.5 Å². The van der Waals surface area contributed by atoms with Crippen molar-refractivity contribution < 1.29 is 9.90 Å². The number of phenols is 1. The number of nitrogens with one attached hydrogen (secondary N) is 2. The minimum atomic E-state index is -0.207. The third kappa shape index (κ3) is 7.32. The molecule has 244 valence electrons. The van der Waals surface area contributed by atoms with Crippen LogP contribution in [0.15, 0.2) is 116 Å². The van der Waals surface area contributed by atoms with Gasteiger partial charge in [0.15, 0.2) is 0 Å². The molecule has 0 spiro atoms. The summed E-state index contributed by atoms with van der Waals surface area (Å²) in [5, 5.41) is 13.7. The normalized spacial score (nSPS) is 14.1. The lowest BCUT2D eigenvalue weighted by molar-refractivity contribution is 0.102. The number of fused-ring (bicyclic) bond motifs is 1. The summed E-state index contributed by atoms with van der Waals surface area (Å²) in [5.41, 5.74) is 14.1. The number of hydrogen-bond donors (Lipinski definition) is 4. The Labute approximate surface area is 281 Å². The molecule has 1 aliphatic heterocycles. The number of amides is 1. The predicted molar refractivity (Wildman–Crippen MR) is 194 cm³/mol. The summed E-state index contributed by atoms with van der Waals surface area (Å²) < 4.78 is 0. The van der Waals surface area contributed by atoms with E-state index in [1.54, 1.807) is 36.7 Å². The molecule has 0 unspecified atom stereocenters. The number of aromatic hydroxyl groups is 1. The van der Waals surface area contributed by atoms with Crippen LogP contribution < -0.4 is 11.1 Å². The van der Waals surface area contributed by atoms with E-state index in [0.29, 0.717) is 28.0 Å². The Hall–Kier alpha value is -5.67. The molecule has 0 bridgehead atoms. The number of hydrogen-bond acceptors (Lipinski definition) is 7. The molecule has 1 saturated heterocycles. The number of H-pyrrole nitrogens is 1. The van der Waals surface area contributed by atoms with Crippen LogP contribution in [0.3, 0.4) is 0 Å². The number of aromatic nitrogens is 3. The summed E-state index contributed by atoms with van der Waals surface area (Å²) in [4.78, 5) is 30.5. The van der Waals surface area contributed by atoms with E-state index in [1.807, 2.05) is 54.6 Å². The molecule has 5 aromatic rings. The molecule has 0 radical (unpaired) electrons. The van der Waals surface area contributed by atoms with Gasteiger partial charge in [-0.05, 0) is 90.9 Å². The molecule has 3 aromatic carbocycles. The van der Waals surface area contributed by atoms with E-state index in [1.165, 1.54) is 5.56 Å². The SMILES string of the molecule is C=C/C=C(\C=C/N)N1CCN(CCc2ccc(NC(=O)c3ccc4nc(-c5cc(-c6cccnc6CC)ccc5O)[nH]c4c3)cc2)CC1. The zero-order valence-electron chi connectivity index (χ0n) is 27.2. The molecule has 0 atom stereocenters. The molecule has 48 heavy (non-hydrogen) atoms. The Kier molecular flexibility index (Phi) is 9.97. The van der Waals surface area contributed by atoms with Crippen LogP contribution in [0.1, 0.15) is 28.5 Å². The van der Waals surface area contributed by atoms with Crippen molar-refractivity contribution in [2.24, 2.45) is 5.73 Å². The number of aryl methyl sites for hydroxylation is 1. The first kappa shape index (κ1) is 32.3. The Morgan fingerprint density at radius 1 is 1.04 bits per heavy atom. The average molecular weight is 640 g/mol. The van der Waals surface area contributed by atoms with Crippen molar-refractivity contribution in [2.45, 2.75) is 19.8 Å². The van der Waals surface area contributed by atoms with Crippen LogP contribution in [-0.2, 0) is 12.8 Å². The monoisotopic (exact) mass is 639 g/mol. The van der Waals surface area contributed by atoms with Crippen LogP contribution in [0.5, 0.6) is 5.75 Å². The highest BCUT2D eigenvalue weighted by atomic mass is 16.3. The van der Waals surface area contributed by atoms with Gasteiger partial charge in [-0.1, -0.05) is 43.8 Å². The maximum absolute atomic E-state index is 13.2. The lowest BCUT2D eigenvalue weighted by Crippen LogP contribution is -2.46. The van der Waals surface area contributed by atoms with Gasteiger partial charge >= 0.3 is 0 Å². The average Bonchev–Trinajstić information content (AvgIpc) is 3.55. The third-order valence-corrected chi connectivity index (χ3v) is 8.75. The van der Waals surface area contributed by atoms with E-state index < -0.39 is 0 Å². The van der Waals surface area contributed by atoms with E-state index in [2.05, 4.69) is 50.7 Å². The number of carbonyl (C=O) groups excluding carboxylic acids is 1. The minimum absolute atomic E-state index is 0.120. The van der Waals surface area contributed by atoms with E-state index >= 15 is 0 Å². The van der Waals surface area contributed by atoms with Crippen LogP contribution in [0.2, 0.25) is 0 Å². The molecule has 9 heteroatoms. The van der Waals surface area contributed by atoms with Gasteiger partial charge in [-0.2, -0.15) is 0 Å². The summed E-state index contributed by atoms with van der Waals surface area (Å²) in [6, 6.07) is 22.8. The third-order valence-electron chi connectivity index (χ3n) is 8.75. The van der Waals surface area contributed by atoms with Crippen LogP contribution in [0.25, 0.3) is 33.5 Å². The van der Waals surface area contributed by atoms with Crippen molar-refractivity contribution in [1.29, 1.82) is 0 Å². The van der Waals surface area contributed by atoms with Crippen molar-refractivity contribution in [2.75, 3.05) is 38.0 Å². The standard InChI is InChI=1S/C39H41N7O2/c1-3-6-31(16-18-40)46-23-21-45(22-24-46)20-17-27-8-12-30(13-9-27)42-39(48)29-10-14-35-36(26-29)44-38(43-35)33-25-28(11-15-37(33)47)32-7-5-19-41-34(32)4-2/h3,5-16,18-19,25-26,47H,1,4,17,20-24,40H2,2H3,(H,42,48)(H,43,44)/b18-16-,31-6+. The molecule has 1 fully saturated rings. The van der Waals surface area contributed by atoms with Gasteiger partial charge in [0, 0.05) is 67.1 Å². The Balaban J connectivity index is 1.07. The van der Waals surface area contributed by atoms with E-state index in [9.17, 15) is 9.90 Å². The van der Waals surface area contributed by atoms with Crippen LogP contribution >= 0.6 is 0 Å². The molecule has 9 nitrogen and oxygen atoms in total. The molecule has 5 N–H and O–H groups in total. The molecule has 1 amide bonds. The number of nitrogens with zero attached hydrogens (tertiary/aromatic N) is 4. The zero-order valence-corrected chi connectivity index (χ0v) is 27.2. The summed E-state index contributed by atoms with van der Waals surface area (Å²) in [5.74, 6) is 0.441. The highest BCUT2D eigenvalue weighted by Gasteiger charge is 2.18. The van der Waals surface area contributed by atoms with Gasteiger partial charge in [-0.25, -0.2) is 4.98 Å². The van der Waals surface area contributed by atoms with E-state index in [0.717, 1.165) is 73.8 Å². The van der Waals surface area contributed by atoms with Gasteiger partial charge in [-0.15, -0.1) is 0 Å². The zero-order chi connectivity index (χ0) is 33.5. The number of imidazole rings is 1. The molecule has 1 aliphatic rings. The largest absolute Gasteiger partial charge is 0.507 e. The second kappa shape index (κ2) is 14.8. The van der Waals surface area contributed by atoms with Crippen LogP contribution in [0.4, 0.5) is 5.69 Å². The second-order valence-corrected chi connectivity index (χ2v) is 11.8. The Bertz CT molecular complexity index is 1970. The fourth-order valence-electron chi connectivity index (χ4n) is 6.11. The molecule has 0 saturated carbocycles. The maximum Gasteiger partial charge on any atom is 0.255 e. The van der Waals surface area contributed by atoms with Crippen molar-refractivity contribution >= 4 is 22.6 Å². The van der Waals surface area contributed by atoms with Gasteiger partial charge in [0.25, 0.3) is 5.91 Å².